The van der Waals surface area contributed by atoms with Gasteiger partial charge in [0.05, 0.1) is 64.2 Å². The van der Waals surface area contributed by atoms with E-state index in [0.717, 1.165) is 80.6 Å². The average Bonchev–Trinajstić information content (AvgIpc) is 4.18. The molecule has 10 N–H and O–H groups in total. The second-order valence-electron chi connectivity index (χ2n) is 16.6. The fraction of sp³-hybridized carbons (Fsp3) is 0.277. The van der Waals surface area contributed by atoms with E-state index in [1.807, 2.05) is 98.5 Å². The molecule has 0 radical (unpaired) electrons. The number of fused-ring (bicyclic) bond motifs is 12. The monoisotopic (exact) mass is 916 g/mol. The van der Waals surface area contributed by atoms with Crippen molar-refractivity contribution in [3.63, 3.8) is 0 Å². The van der Waals surface area contributed by atoms with Crippen molar-refractivity contribution in [2.75, 3.05) is 28.7 Å². The summed E-state index contributed by atoms with van der Waals surface area (Å²) in [5.74, 6) is 2.43. The summed E-state index contributed by atoms with van der Waals surface area (Å²) in [6.45, 7) is 0. The number of amidine groups is 1. The first kappa shape index (κ1) is 44.3. The second-order valence-corrected chi connectivity index (χ2v) is 17.6. The molecule has 0 unspecified atom stereocenters. The summed E-state index contributed by atoms with van der Waals surface area (Å²) in [5, 5.41) is 2.56. The predicted octanol–water partition coefficient (Wildman–Crippen LogP) is 5.84. The van der Waals surface area contributed by atoms with E-state index in [1.165, 1.54) is 71.0 Å². The van der Waals surface area contributed by atoms with Gasteiger partial charge in [-0.25, -0.2) is 39.9 Å². The summed E-state index contributed by atoms with van der Waals surface area (Å²) < 4.78 is 8.04. The third-order valence-corrected chi connectivity index (χ3v) is 12.8. The molecule has 0 saturated carbocycles. The maximum absolute atomic E-state index is 10.2. The minimum Gasteiger partial charge on any atom is -0.382 e. The third kappa shape index (κ3) is 8.70. The molecule has 0 atom stereocenters. The Morgan fingerprint density at radius 3 is 1.21 bits per heavy atom. The molecule has 67 heavy (non-hydrogen) atoms. The third-order valence-electron chi connectivity index (χ3n) is 12.1. The molecule has 8 aromatic heterocycles. The standard InChI is InChI=1S/2C11H14N4.2C11H10N4.C3H4N2OS/c4*1-15-6-13-9-10(15)7-4-2-3-5-8(7)14-11(9)12;4-3-5-2(6)1-7-3/h2*6H,2-5H2,1H3,(H2,12,14);2*2-6H,1H3,(H2,12,14);1H2,(H2,4,5,6). The molecule has 3 aliphatic rings. The Hall–Kier alpha value is -7.87. The molecule has 1 aliphatic heterocycles. The first-order valence-corrected chi connectivity index (χ1v) is 22.9. The van der Waals surface area contributed by atoms with E-state index in [9.17, 15) is 4.79 Å². The fourth-order valence-corrected chi connectivity index (χ4v) is 9.48. The highest BCUT2D eigenvalue weighted by Gasteiger charge is 2.20. The summed E-state index contributed by atoms with van der Waals surface area (Å²) in [7, 11) is 7.95. The Balaban J connectivity index is 0.000000107. The zero-order valence-electron chi connectivity index (χ0n) is 37.8. The van der Waals surface area contributed by atoms with Gasteiger partial charge in [0.25, 0.3) is 5.91 Å². The van der Waals surface area contributed by atoms with Crippen molar-refractivity contribution in [2.45, 2.75) is 51.4 Å². The summed E-state index contributed by atoms with van der Waals surface area (Å²) in [6.07, 6.45) is 16.4. The quantitative estimate of drug-likeness (QED) is 0.119. The number of hydrogen-bond donors (Lipinski definition) is 5. The van der Waals surface area contributed by atoms with Crippen molar-refractivity contribution in [1.82, 2.24) is 58.1 Å². The van der Waals surface area contributed by atoms with Gasteiger partial charge < -0.3 is 46.9 Å². The number of aromatic nitrogens is 12. The lowest BCUT2D eigenvalue weighted by Crippen LogP contribution is -2.09. The predicted molar refractivity (Wildman–Crippen MR) is 269 cm³/mol. The van der Waals surface area contributed by atoms with Gasteiger partial charge in [0, 0.05) is 50.4 Å². The van der Waals surface area contributed by atoms with Gasteiger partial charge >= 0.3 is 0 Å². The minimum atomic E-state index is -0.123. The number of carbonyl (C=O) groups is 1. The van der Waals surface area contributed by atoms with Gasteiger partial charge in [-0.2, -0.15) is 4.99 Å². The summed E-state index contributed by atoms with van der Waals surface area (Å²) in [4.78, 5) is 48.2. The van der Waals surface area contributed by atoms with E-state index in [1.54, 1.807) is 12.7 Å². The number of thioether (sulfide) groups is 1. The van der Waals surface area contributed by atoms with Crippen LogP contribution in [-0.2, 0) is 58.7 Å². The van der Waals surface area contributed by atoms with Crippen molar-refractivity contribution < 1.29 is 4.79 Å². The Morgan fingerprint density at radius 2 is 0.836 bits per heavy atom. The molecule has 0 saturated heterocycles. The lowest BCUT2D eigenvalue weighted by Gasteiger charge is -2.16. The molecule has 0 bridgehead atoms. The molecular formula is C47H52N18OS. The van der Waals surface area contributed by atoms with Crippen molar-refractivity contribution in [1.29, 1.82) is 0 Å². The minimum absolute atomic E-state index is 0.123. The summed E-state index contributed by atoms with van der Waals surface area (Å²) >= 11 is 1.28. The lowest BCUT2D eigenvalue weighted by molar-refractivity contribution is -0.115. The number of aliphatic imine (C=N–C) groups is 1. The van der Waals surface area contributed by atoms with Crippen LogP contribution in [0.3, 0.4) is 0 Å². The van der Waals surface area contributed by atoms with Gasteiger partial charge in [0.2, 0.25) is 0 Å². The Kier molecular flexibility index (Phi) is 12.3. The number of anilines is 4. The van der Waals surface area contributed by atoms with Gasteiger partial charge in [0.1, 0.15) is 22.1 Å². The van der Waals surface area contributed by atoms with E-state index < -0.39 is 0 Å². The van der Waals surface area contributed by atoms with Gasteiger partial charge in [0.15, 0.2) is 28.4 Å². The van der Waals surface area contributed by atoms with Gasteiger partial charge in [-0.3, -0.25) is 4.79 Å². The number of pyridine rings is 4. The van der Waals surface area contributed by atoms with Crippen molar-refractivity contribution in [3.05, 3.63) is 96.4 Å². The number of para-hydroxylation sites is 2. The molecule has 1 amide bonds. The Morgan fingerprint density at radius 1 is 0.478 bits per heavy atom. The largest absolute Gasteiger partial charge is 0.382 e. The first-order chi connectivity index (χ1) is 32.4. The number of hydrogen-bond acceptors (Lipinski definition) is 15. The summed E-state index contributed by atoms with van der Waals surface area (Å²) in [5.41, 5.74) is 43.2. The van der Waals surface area contributed by atoms with Crippen LogP contribution in [0.2, 0.25) is 0 Å². The molecule has 342 valence electrons. The first-order valence-electron chi connectivity index (χ1n) is 21.9. The molecule has 10 aromatic rings. The fourth-order valence-electron chi connectivity index (χ4n) is 8.98. The second kappa shape index (κ2) is 18.6. The van der Waals surface area contributed by atoms with Crippen LogP contribution in [0, 0.1) is 0 Å². The molecular weight excluding hydrogens is 865 g/mol. The molecule has 13 rings (SSSR count). The number of nitrogens with two attached hydrogens (primary N) is 5. The Bertz CT molecular complexity index is 3310. The van der Waals surface area contributed by atoms with Crippen molar-refractivity contribution >= 4 is 112 Å². The molecule has 9 heterocycles. The number of amides is 1. The van der Waals surface area contributed by atoms with E-state index in [0.29, 0.717) is 34.2 Å². The highest BCUT2D eigenvalue weighted by molar-refractivity contribution is 8.14. The van der Waals surface area contributed by atoms with Gasteiger partial charge in [-0.15, -0.1) is 0 Å². The number of imidazole rings is 4. The maximum atomic E-state index is 10.2. The van der Waals surface area contributed by atoms with Crippen LogP contribution >= 0.6 is 11.8 Å². The zero-order chi connectivity index (χ0) is 46.9. The molecule has 19 nitrogen and oxygen atoms in total. The summed E-state index contributed by atoms with van der Waals surface area (Å²) in [6, 6.07) is 15.9. The van der Waals surface area contributed by atoms with Crippen LogP contribution in [0.1, 0.15) is 48.2 Å². The SMILES string of the molecule is Cn1cnc2c(N)nc3c(c21)CCCC3.Cn1cnc2c(N)nc3c(c21)CCCC3.Cn1cnc2c(N)nc3ccccc3c21.Cn1cnc2c(N)nc3ccccc3c21.NC1=NC(=O)CS1. The smallest absolute Gasteiger partial charge is 0.258 e. The lowest BCUT2D eigenvalue weighted by atomic mass is 9.95. The number of rotatable bonds is 0. The van der Waals surface area contributed by atoms with Crippen molar-refractivity contribution in [3.8, 4) is 0 Å². The van der Waals surface area contributed by atoms with Crippen LogP contribution in [0.15, 0.2) is 78.8 Å². The number of benzene rings is 2. The highest BCUT2D eigenvalue weighted by Crippen LogP contribution is 2.32. The van der Waals surface area contributed by atoms with E-state index in [-0.39, 0.29) is 5.91 Å². The number of aryl methyl sites for hydroxylation is 8. The maximum Gasteiger partial charge on any atom is 0.258 e. The topological polar surface area (TPSA) is 282 Å². The average molecular weight is 917 g/mol. The van der Waals surface area contributed by atoms with E-state index in [2.05, 4.69) is 54.0 Å². The Labute approximate surface area is 388 Å². The molecule has 0 fully saturated rings. The van der Waals surface area contributed by atoms with Crippen LogP contribution < -0.4 is 28.7 Å². The molecule has 0 spiro atoms. The van der Waals surface area contributed by atoms with Crippen LogP contribution in [0.4, 0.5) is 23.3 Å². The van der Waals surface area contributed by atoms with Gasteiger partial charge in [-0.1, -0.05) is 48.2 Å². The number of carbonyl (C=O) groups excluding carboxylic acids is 1. The highest BCUT2D eigenvalue weighted by atomic mass is 32.2. The van der Waals surface area contributed by atoms with Crippen LogP contribution in [0.5, 0.6) is 0 Å². The van der Waals surface area contributed by atoms with E-state index in [4.69, 9.17) is 28.7 Å². The zero-order valence-corrected chi connectivity index (χ0v) is 38.6. The molecule has 20 heteroatoms. The molecule has 2 aliphatic carbocycles. The van der Waals surface area contributed by atoms with Crippen LogP contribution in [0.25, 0.3) is 65.9 Å². The normalized spacial score (nSPS) is 14.1. The number of nitrogens with zero attached hydrogens (tertiary/aromatic N) is 13. The van der Waals surface area contributed by atoms with Crippen LogP contribution in [-0.4, -0.2) is 75.0 Å². The number of nitrogen functional groups attached to an aromatic ring is 4. The van der Waals surface area contributed by atoms with Crippen molar-refractivity contribution in [2.24, 2.45) is 38.9 Å². The van der Waals surface area contributed by atoms with Gasteiger partial charge in [-0.05, 0) is 74.6 Å². The molecule has 2 aromatic carbocycles. The van der Waals surface area contributed by atoms with E-state index >= 15 is 0 Å².